The number of anilines is 2. The van der Waals surface area contributed by atoms with Crippen LogP contribution in [0.15, 0.2) is 12.4 Å². The molecule has 0 aliphatic carbocycles. The van der Waals surface area contributed by atoms with Gasteiger partial charge in [0, 0.05) is 6.07 Å². The van der Waals surface area contributed by atoms with E-state index >= 15 is 0 Å². The molecule has 0 saturated heterocycles. The normalized spacial score (nSPS) is 11.1. The topological polar surface area (TPSA) is 98.0 Å². The Hall–Kier alpha value is -1.37. The quantitative estimate of drug-likeness (QED) is 0.647. The van der Waals surface area contributed by atoms with Crippen LogP contribution in [0.1, 0.15) is 0 Å². The molecule has 0 bridgehead atoms. The van der Waals surface area contributed by atoms with Crippen LogP contribution in [0.4, 0.5) is 11.6 Å². The summed E-state index contributed by atoms with van der Waals surface area (Å²) in [5, 5.41) is 0. The minimum Gasteiger partial charge on any atom is -0.384 e. The first-order valence-corrected chi connectivity index (χ1v) is 4.92. The lowest BCUT2D eigenvalue weighted by Crippen LogP contribution is -2.11. The second kappa shape index (κ2) is 2.94. The van der Waals surface area contributed by atoms with Gasteiger partial charge in [0.05, 0.1) is 6.26 Å². The standard InChI is InChI=1S/C5H8N4O2S/c1-12(10,11)9-5-2-4(6)7-3-8-5/h2-3H,1H3,(H3,6,7,8,9). The van der Waals surface area contributed by atoms with Crippen molar-refractivity contribution in [2.24, 2.45) is 0 Å². The van der Waals surface area contributed by atoms with Crippen LogP contribution < -0.4 is 10.5 Å². The summed E-state index contributed by atoms with van der Waals surface area (Å²) in [5.74, 6) is 0.390. The summed E-state index contributed by atoms with van der Waals surface area (Å²) in [6, 6.07) is 1.33. The molecular weight excluding hydrogens is 180 g/mol. The number of nitrogens with one attached hydrogen (secondary N) is 1. The first-order chi connectivity index (χ1) is 5.47. The fraction of sp³-hybridized carbons (Fsp3) is 0.200. The van der Waals surface area contributed by atoms with Crippen LogP contribution >= 0.6 is 0 Å². The highest BCUT2D eigenvalue weighted by atomic mass is 32.2. The Labute approximate surface area is 69.9 Å². The molecule has 0 radical (unpaired) electrons. The number of nitrogen functional groups attached to an aromatic ring is 1. The van der Waals surface area contributed by atoms with Gasteiger partial charge in [0.1, 0.15) is 18.0 Å². The number of nitrogens with zero attached hydrogens (tertiary/aromatic N) is 2. The second-order valence-corrected chi connectivity index (χ2v) is 3.95. The van der Waals surface area contributed by atoms with E-state index in [9.17, 15) is 8.42 Å². The average molecular weight is 188 g/mol. The first-order valence-electron chi connectivity index (χ1n) is 3.03. The summed E-state index contributed by atoms with van der Waals surface area (Å²) in [5.41, 5.74) is 5.29. The van der Waals surface area contributed by atoms with E-state index in [-0.39, 0.29) is 11.6 Å². The lowest BCUT2D eigenvalue weighted by molar-refractivity contribution is 0.606. The van der Waals surface area contributed by atoms with Gasteiger partial charge in [-0.1, -0.05) is 0 Å². The Morgan fingerprint density at radius 3 is 2.67 bits per heavy atom. The predicted molar refractivity (Wildman–Crippen MR) is 44.9 cm³/mol. The number of hydrogen-bond donors (Lipinski definition) is 2. The van der Waals surface area contributed by atoms with Crippen LogP contribution in [0.2, 0.25) is 0 Å². The molecule has 0 atom stereocenters. The Kier molecular flexibility index (Phi) is 2.13. The molecular formula is C5H8N4O2S. The molecule has 0 unspecified atom stereocenters. The molecule has 1 aromatic heterocycles. The van der Waals surface area contributed by atoms with Crippen LogP contribution in [0.25, 0.3) is 0 Å². The fourth-order valence-electron chi connectivity index (χ4n) is 0.618. The summed E-state index contributed by atoms with van der Waals surface area (Å²) in [6.45, 7) is 0. The maximum Gasteiger partial charge on any atom is 0.230 e. The van der Waals surface area contributed by atoms with Gasteiger partial charge in [-0.25, -0.2) is 18.4 Å². The Morgan fingerprint density at radius 2 is 2.17 bits per heavy atom. The van der Waals surface area contributed by atoms with Gasteiger partial charge >= 0.3 is 0 Å². The maximum absolute atomic E-state index is 10.7. The van der Waals surface area contributed by atoms with E-state index in [0.29, 0.717) is 0 Å². The molecule has 12 heavy (non-hydrogen) atoms. The van der Waals surface area contributed by atoms with Crippen molar-refractivity contribution in [3.63, 3.8) is 0 Å². The van der Waals surface area contributed by atoms with Crippen molar-refractivity contribution in [2.75, 3.05) is 16.7 Å². The van der Waals surface area contributed by atoms with Crippen molar-refractivity contribution in [1.82, 2.24) is 9.97 Å². The summed E-state index contributed by atoms with van der Waals surface area (Å²) >= 11 is 0. The number of aromatic nitrogens is 2. The van der Waals surface area contributed by atoms with Gasteiger partial charge in [-0.15, -0.1) is 0 Å². The maximum atomic E-state index is 10.7. The summed E-state index contributed by atoms with van der Waals surface area (Å²) in [7, 11) is -3.29. The van der Waals surface area contributed by atoms with Crippen LogP contribution in [0, 0.1) is 0 Å². The monoisotopic (exact) mass is 188 g/mol. The van der Waals surface area contributed by atoms with Gasteiger partial charge in [0.2, 0.25) is 10.0 Å². The van der Waals surface area contributed by atoms with E-state index in [0.717, 1.165) is 6.26 Å². The molecule has 0 amide bonds. The van der Waals surface area contributed by atoms with Gasteiger partial charge in [0.25, 0.3) is 0 Å². The summed E-state index contributed by atoms with van der Waals surface area (Å²) in [6.07, 6.45) is 2.22. The molecule has 6 nitrogen and oxygen atoms in total. The molecule has 7 heteroatoms. The lowest BCUT2D eigenvalue weighted by Gasteiger charge is -2.01. The third-order valence-electron chi connectivity index (χ3n) is 0.978. The minimum absolute atomic E-state index is 0.171. The average Bonchev–Trinajstić information content (AvgIpc) is 1.82. The zero-order valence-corrected chi connectivity index (χ0v) is 7.17. The lowest BCUT2D eigenvalue weighted by atomic mass is 10.5. The van der Waals surface area contributed by atoms with Crippen molar-refractivity contribution in [2.45, 2.75) is 0 Å². The van der Waals surface area contributed by atoms with E-state index in [1.54, 1.807) is 0 Å². The zero-order valence-electron chi connectivity index (χ0n) is 6.35. The highest BCUT2D eigenvalue weighted by molar-refractivity contribution is 7.92. The summed E-state index contributed by atoms with van der Waals surface area (Å²) in [4.78, 5) is 7.25. The van der Waals surface area contributed by atoms with Gasteiger partial charge in [0.15, 0.2) is 0 Å². The van der Waals surface area contributed by atoms with Gasteiger partial charge in [-0.05, 0) is 0 Å². The summed E-state index contributed by atoms with van der Waals surface area (Å²) < 4.78 is 23.6. The molecule has 66 valence electrons. The predicted octanol–water partition coefficient (Wildman–Crippen LogP) is -0.570. The third kappa shape index (κ3) is 2.70. The number of sulfonamides is 1. The van der Waals surface area contributed by atoms with Crippen LogP contribution in [0.3, 0.4) is 0 Å². The van der Waals surface area contributed by atoms with Crippen molar-refractivity contribution in [3.8, 4) is 0 Å². The number of nitrogens with two attached hydrogens (primary N) is 1. The van der Waals surface area contributed by atoms with Crippen LogP contribution in [-0.4, -0.2) is 24.6 Å². The van der Waals surface area contributed by atoms with E-state index in [4.69, 9.17) is 5.73 Å². The number of hydrogen-bond acceptors (Lipinski definition) is 5. The van der Waals surface area contributed by atoms with Gasteiger partial charge < -0.3 is 5.73 Å². The first kappa shape index (κ1) is 8.72. The molecule has 0 spiro atoms. The smallest absolute Gasteiger partial charge is 0.230 e. The minimum atomic E-state index is -3.29. The van der Waals surface area contributed by atoms with Gasteiger partial charge in [-0.3, -0.25) is 4.72 Å². The van der Waals surface area contributed by atoms with Crippen LogP contribution in [-0.2, 0) is 10.0 Å². The third-order valence-corrected chi connectivity index (χ3v) is 1.56. The van der Waals surface area contributed by atoms with Crippen molar-refractivity contribution < 1.29 is 8.42 Å². The fourth-order valence-corrected chi connectivity index (χ4v) is 1.11. The Bertz CT molecular complexity index is 375. The molecule has 1 heterocycles. The Balaban J connectivity index is 2.91. The van der Waals surface area contributed by atoms with Crippen LogP contribution in [0.5, 0.6) is 0 Å². The van der Waals surface area contributed by atoms with E-state index in [1.807, 2.05) is 0 Å². The molecule has 0 fully saturated rings. The molecule has 0 aromatic carbocycles. The zero-order chi connectivity index (χ0) is 9.19. The number of rotatable bonds is 2. The second-order valence-electron chi connectivity index (χ2n) is 2.20. The van der Waals surface area contributed by atoms with Gasteiger partial charge in [-0.2, -0.15) is 0 Å². The highest BCUT2D eigenvalue weighted by Gasteiger charge is 2.02. The van der Waals surface area contributed by atoms with E-state index < -0.39 is 10.0 Å². The van der Waals surface area contributed by atoms with E-state index in [1.165, 1.54) is 12.4 Å². The highest BCUT2D eigenvalue weighted by Crippen LogP contribution is 2.05. The molecule has 0 aliphatic heterocycles. The molecule has 0 saturated carbocycles. The molecule has 0 aliphatic rings. The molecule has 1 aromatic rings. The van der Waals surface area contributed by atoms with Crippen molar-refractivity contribution in [1.29, 1.82) is 0 Å². The van der Waals surface area contributed by atoms with E-state index in [2.05, 4.69) is 14.7 Å². The molecule has 3 N–H and O–H groups in total. The van der Waals surface area contributed by atoms with Crippen molar-refractivity contribution >= 4 is 21.7 Å². The SMILES string of the molecule is CS(=O)(=O)Nc1cc(N)ncn1. The molecule has 1 rings (SSSR count). The van der Waals surface area contributed by atoms with Crippen molar-refractivity contribution in [3.05, 3.63) is 12.4 Å². The Morgan fingerprint density at radius 1 is 1.50 bits per heavy atom. The largest absolute Gasteiger partial charge is 0.384 e.